The average molecular weight is 290 g/mol. The number of carbonyl (C=O) groups excluding carboxylic acids is 1. The topological polar surface area (TPSA) is 32.8 Å². The van der Waals surface area contributed by atoms with Gasteiger partial charge in [0.2, 0.25) is 0 Å². The highest BCUT2D eigenvalue weighted by atomic mass is 16.5. The molecule has 4 heteroatoms. The number of methoxy groups -OCH3 is 1. The predicted molar refractivity (Wildman–Crippen MR) is 85.2 cm³/mol. The van der Waals surface area contributed by atoms with E-state index in [1.165, 1.54) is 0 Å². The molecule has 0 spiro atoms. The molecule has 1 heterocycles. The van der Waals surface area contributed by atoms with E-state index >= 15 is 0 Å². The molecule has 0 aliphatic carbocycles. The van der Waals surface area contributed by atoms with Crippen molar-refractivity contribution in [2.24, 2.45) is 0 Å². The van der Waals surface area contributed by atoms with Gasteiger partial charge in [0.25, 0.3) is 0 Å². The first-order chi connectivity index (χ1) is 10.0. The predicted octanol–water partition coefficient (Wildman–Crippen LogP) is 2.21. The summed E-state index contributed by atoms with van der Waals surface area (Å²) in [7, 11) is 3.78. The third-order valence-corrected chi connectivity index (χ3v) is 4.36. The van der Waals surface area contributed by atoms with Gasteiger partial charge >= 0.3 is 0 Å². The Morgan fingerprint density at radius 3 is 2.81 bits per heavy atom. The zero-order valence-electron chi connectivity index (χ0n) is 13.6. The lowest BCUT2D eigenvalue weighted by Gasteiger charge is -2.38. The number of hydrogen-bond donors (Lipinski definition) is 0. The van der Waals surface area contributed by atoms with Crippen molar-refractivity contribution in [3.05, 3.63) is 29.3 Å². The third kappa shape index (κ3) is 3.83. The van der Waals surface area contributed by atoms with E-state index in [9.17, 15) is 4.79 Å². The summed E-state index contributed by atoms with van der Waals surface area (Å²) < 4.78 is 5.35. The van der Waals surface area contributed by atoms with Crippen LogP contribution in [0.3, 0.4) is 0 Å². The van der Waals surface area contributed by atoms with Crippen molar-refractivity contribution < 1.29 is 9.53 Å². The summed E-state index contributed by atoms with van der Waals surface area (Å²) in [6, 6.07) is 6.32. The molecule has 1 aliphatic rings. The fourth-order valence-corrected chi connectivity index (χ4v) is 2.91. The molecule has 0 saturated carbocycles. The van der Waals surface area contributed by atoms with Crippen LogP contribution in [0.2, 0.25) is 0 Å². The molecule has 0 aromatic heterocycles. The van der Waals surface area contributed by atoms with Crippen LogP contribution in [-0.2, 0) is 0 Å². The van der Waals surface area contributed by atoms with Crippen molar-refractivity contribution in [3.63, 3.8) is 0 Å². The number of carbonyl (C=O) groups is 1. The van der Waals surface area contributed by atoms with Crippen molar-refractivity contribution in [2.75, 3.05) is 40.3 Å². The molecule has 4 nitrogen and oxygen atoms in total. The van der Waals surface area contributed by atoms with Gasteiger partial charge < -0.3 is 9.64 Å². The number of benzene rings is 1. The Bertz CT molecular complexity index is 502. The van der Waals surface area contributed by atoms with Crippen LogP contribution in [0.15, 0.2) is 18.2 Å². The Morgan fingerprint density at radius 2 is 2.14 bits per heavy atom. The molecule has 1 aromatic rings. The summed E-state index contributed by atoms with van der Waals surface area (Å²) in [5, 5.41) is 0. The molecule has 0 bridgehead atoms. The highest BCUT2D eigenvalue weighted by Crippen LogP contribution is 2.21. The normalized spacial score (nSPS) is 20.5. The van der Waals surface area contributed by atoms with E-state index in [1.54, 1.807) is 7.11 Å². The van der Waals surface area contributed by atoms with Gasteiger partial charge in [-0.25, -0.2) is 0 Å². The fourth-order valence-electron chi connectivity index (χ4n) is 2.91. The van der Waals surface area contributed by atoms with Gasteiger partial charge in [-0.15, -0.1) is 0 Å². The van der Waals surface area contributed by atoms with Gasteiger partial charge in [0.05, 0.1) is 19.2 Å². The lowest BCUT2D eigenvalue weighted by Crippen LogP contribution is -2.52. The van der Waals surface area contributed by atoms with Gasteiger partial charge in [-0.05, 0) is 38.1 Å². The first kappa shape index (κ1) is 16.0. The van der Waals surface area contributed by atoms with E-state index in [1.807, 2.05) is 25.1 Å². The molecule has 0 radical (unpaired) electrons. The van der Waals surface area contributed by atoms with Crippen molar-refractivity contribution in [2.45, 2.75) is 26.3 Å². The molecule has 1 unspecified atom stereocenters. The summed E-state index contributed by atoms with van der Waals surface area (Å²) in [6.45, 7) is 7.62. The molecule has 1 atom stereocenters. The van der Waals surface area contributed by atoms with Gasteiger partial charge in [0, 0.05) is 25.7 Å². The molecule has 1 aromatic carbocycles. The quantitative estimate of drug-likeness (QED) is 0.779. The Balaban J connectivity index is 2.05. The van der Waals surface area contributed by atoms with Crippen molar-refractivity contribution >= 4 is 5.78 Å². The first-order valence-electron chi connectivity index (χ1n) is 7.65. The van der Waals surface area contributed by atoms with Gasteiger partial charge in [0.1, 0.15) is 5.75 Å². The van der Waals surface area contributed by atoms with E-state index in [2.05, 4.69) is 23.8 Å². The number of piperazine rings is 1. The number of likely N-dealkylation sites (N-methyl/N-ethyl adjacent to an activating group) is 1. The summed E-state index contributed by atoms with van der Waals surface area (Å²) >= 11 is 0. The van der Waals surface area contributed by atoms with Crippen LogP contribution in [0, 0.1) is 6.92 Å². The summed E-state index contributed by atoms with van der Waals surface area (Å²) in [5.41, 5.74) is 1.80. The number of ether oxygens (including phenoxy) is 1. The van der Waals surface area contributed by atoms with E-state index in [0.717, 1.165) is 31.6 Å². The second-order valence-electron chi connectivity index (χ2n) is 5.90. The summed E-state index contributed by atoms with van der Waals surface area (Å²) in [5.74, 6) is 0.826. The lowest BCUT2D eigenvalue weighted by molar-refractivity contribution is 0.0741. The third-order valence-electron chi connectivity index (χ3n) is 4.36. The number of aryl methyl sites for hydroxylation is 1. The number of ketones is 1. The molecule has 0 amide bonds. The monoisotopic (exact) mass is 290 g/mol. The molecular weight excluding hydrogens is 264 g/mol. The molecule has 116 valence electrons. The molecule has 1 fully saturated rings. The maximum Gasteiger partial charge on any atom is 0.180 e. The Labute approximate surface area is 127 Å². The Morgan fingerprint density at radius 1 is 1.38 bits per heavy atom. The van der Waals surface area contributed by atoms with Crippen LogP contribution in [0.5, 0.6) is 5.75 Å². The maximum atomic E-state index is 12.5. The average Bonchev–Trinajstić information content (AvgIpc) is 2.48. The van der Waals surface area contributed by atoms with Crippen LogP contribution in [0.25, 0.3) is 0 Å². The number of rotatable bonds is 5. The Hall–Kier alpha value is -1.39. The van der Waals surface area contributed by atoms with E-state index in [0.29, 0.717) is 23.9 Å². The van der Waals surface area contributed by atoms with Crippen LogP contribution in [0.4, 0.5) is 0 Å². The maximum absolute atomic E-state index is 12.5. The highest BCUT2D eigenvalue weighted by molar-refractivity contribution is 6.00. The largest absolute Gasteiger partial charge is 0.496 e. The van der Waals surface area contributed by atoms with Crippen LogP contribution >= 0.6 is 0 Å². The molecule has 1 aliphatic heterocycles. The number of Topliss-reactive ketones (excluding diaryl/α,β-unsaturated/α-hetero) is 1. The van der Waals surface area contributed by atoms with Crippen molar-refractivity contribution in [1.82, 2.24) is 9.80 Å². The minimum absolute atomic E-state index is 0.145. The summed E-state index contributed by atoms with van der Waals surface area (Å²) in [6.07, 6.45) is 1.12. The standard InChI is InChI=1S/C17H26N2O2/c1-5-14-11-19(9-8-18(14)3)12-16(20)15-7-6-13(2)10-17(15)21-4/h6-7,10,14H,5,8-9,11-12H2,1-4H3. The minimum Gasteiger partial charge on any atom is -0.496 e. The van der Waals surface area contributed by atoms with Crippen molar-refractivity contribution in [1.29, 1.82) is 0 Å². The van der Waals surface area contributed by atoms with E-state index in [4.69, 9.17) is 4.74 Å². The molecule has 21 heavy (non-hydrogen) atoms. The molecular formula is C17H26N2O2. The van der Waals surface area contributed by atoms with Gasteiger partial charge in [-0.1, -0.05) is 13.0 Å². The lowest BCUT2D eigenvalue weighted by atomic mass is 10.1. The van der Waals surface area contributed by atoms with E-state index in [-0.39, 0.29) is 5.78 Å². The molecule has 0 N–H and O–H groups in total. The zero-order chi connectivity index (χ0) is 15.4. The second kappa shape index (κ2) is 7.05. The smallest absolute Gasteiger partial charge is 0.180 e. The summed E-state index contributed by atoms with van der Waals surface area (Å²) in [4.78, 5) is 17.2. The first-order valence-corrected chi connectivity index (χ1v) is 7.65. The number of hydrogen-bond acceptors (Lipinski definition) is 4. The van der Waals surface area contributed by atoms with Gasteiger partial charge in [-0.2, -0.15) is 0 Å². The minimum atomic E-state index is 0.145. The second-order valence-corrected chi connectivity index (χ2v) is 5.90. The Kier molecular flexibility index (Phi) is 5.37. The van der Waals surface area contributed by atoms with Gasteiger partial charge in [-0.3, -0.25) is 9.69 Å². The highest BCUT2D eigenvalue weighted by Gasteiger charge is 2.25. The van der Waals surface area contributed by atoms with Crippen molar-refractivity contribution in [3.8, 4) is 5.75 Å². The number of nitrogens with zero attached hydrogens (tertiary/aromatic N) is 2. The van der Waals surface area contributed by atoms with Crippen LogP contribution < -0.4 is 4.74 Å². The van der Waals surface area contributed by atoms with E-state index < -0.39 is 0 Å². The molecule has 1 saturated heterocycles. The van der Waals surface area contributed by atoms with Gasteiger partial charge in [0.15, 0.2) is 5.78 Å². The molecule has 2 rings (SSSR count). The fraction of sp³-hybridized carbons (Fsp3) is 0.588. The van der Waals surface area contributed by atoms with Crippen LogP contribution in [0.1, 0.15) is 29.3 Å². The van der Waals surface area contributed by atoms with Crippen LogP contribution in [-0.4, -0.2) is 62.0 Å². The SMILES string of the molecule is CCC1CN(CC(=O)c2ccc(C)cc2OC)CCN1C. The zero-order valence-corrected chi connectivity index (χ0v) is 13.6.